The summed E-state index contributed by atoms with van der Waals surface area (Å²) < 4.78 is 15.9. The van der Waals surface area contributed by atoms with E-state index in [1.807, 2.05) is 0 Å². The molecule has 9 heteroatoms. The summed E-state index contributed by atoms with van der Waals surface area (Å²) in [6.07, 6.45) is 2.00. The summed E-state index contributed by atoms with van der Waals surface area (Å²) >= 11 is 0. The average molecular weight is 434 g/mol. The van der Waals surface area contributed by atoms with Crippen LogP contribution in [0.2, 0.25) is 0 Å². The first-order chi connectivity index (χ1) is 15.4. The molecule has 4 N–H and O–H groups in total. The molecule has 32 heavy (non-hydrogen) atoms. The van der Waals surface area contributed by atoms with Gasteiger partial charge in [0.25, 0.3) is 11.8 Å². The van der Waals surface area contributed by atoms with Crippen molar-refractivity contribution in [3.8, 4) is 5.75 Å². The number of carbonyl (C=O) groups excluding carboxylic acids is 2. The van der Waals surface area contributed by atoms with Gasteiger partial charge in [0, 0.05) is 18.3 Å². The van der Waals surface area contributed by atoms with Crippen LogP contribution in [0.3, 0.4) is 0 Å². The molecule has 0 aliphatic rings. The lowest BCUT2D eigenvalue weighted by molar-refractivity contribution is 0.0915. The van der Waals surface area contributed by atoms with E-state index >= 15 is 0 Å². The molecule has 0 unspecified atom stereocenters. The number of hydrogen-bond acceptors (Lipinski definition) is 5. The molecule has 0 bridgehead atoms. The number of benzene rings is 2. The van der Waals surface area contributed by atoms with Gasteiger partial charge in [-0.1, -0.05) is 18.2 Å². The van der Waals surface area contributed by atoms with Crippen LogP contribution < -0.4 is 10.6 Å². The number of aliphatic hydroxyl groups is 1. The van der Waals surface area contributed by atoms with E-state index in [-0.39, 0.29) is 29.2 Å². The van der Waals surface area contributed by atoms with E-state index in [9.17, 15) is 24.2 Å². The van der Waals surface area contributed by atoms with E-state index in [0.717, 1.165) is 6.07 Å². The number of phenols is 1. The van der Waals surface area contributed by atoms with Gasteiger partial charge in [0.05, 0.1) is 18.0 Å². The minimum absolute atomic E-state index is 0.00208. The Morgan fingerprint density at radius 2 is 1.91 bits per heavy atom. The Kier molecular flexibility index (Phi) is 5.82. The highest BCUT2D eigenvalue weighted by atomic mass is 19.1. The van der Waals surface area contributed by atoms with Gasteiger partial charge in [-0.2, -0.15) is 0 Å². The van der Waals surface area contributed by atoms with Crippen molar-refractivity contribution in [3.63, 3.8) is 0 Å². The lowest BCUT2D eigenvalue weighted by Crippen LogP contribution is -2.28. The van der Waals surface area contributed by atoms with E-state index in [4.69, 9.17) is 0 Å². The van der Waals surface area contributed by atoms with Crippen LogP contribution in [0.4, 0.5) is 10.1 Å². The van der Waals surface area contributed by atoms with Crippen LogP contribution in [0.25, 0.3) is 5.65 Å². The molecule has 162 valence electrons. The quantitative estimate of drug-likeness (QED) is 0.372. The number of carbonyl (C=O) groups is 2. The SMILES string of the molecule is O=C(NC[C@@H](O)c1cccc(O)c1)c1ccc(F)c(NC(=O)c2cnc3ccccn23)c1. The number of nitrogens with one attached hydrogen (secondary N) is 2. The predicted octanol–water partition coefficient (Wildman–Crippen LogP) is 2.89. The summed E-state index contributed by atoms with van der Waals surface area (Å²) in [5.41, 5.74) is 1.15. The van der Waals surface area contributed by atoms with Gasteiger partial charge in [-0.15, -0.1) is 0 Å². The molecular weight excluding hydrogens is 415 g/mol. The molecular formula is C23H19FN4O4. The summed E-state index contributed by atoms with van der Waals surface area (Å²) in [5.74, 6) is -1.85. The number of fused-ring (bicyclic) bond motifs is 1. The largest absolute Gasteiger partial charge is 0.508 e. The van der Waals surface area contributed by atoms with E-state index in [1.54, 1.807) is 40.9 Å². The number of anilines is 1. The fourth-order valence-electron chi connectivity index (χ4n) is 3.19. The summed E-state index contributed by atoms with van der Waals surface area (Å²) in [6, 6.07) is 14.9. The van der Waals surface area contributed by atoms with Crippen LogP contribution in [0.15, 0.2) is 73.1 Å². The molecule has 0 aliphatic carbocycles. The van der Waals surface area contributed by atoms with Crippen molar-refractivity contribution in [3.05, 3.63) is 95.7 Å². The molecule has 2 amide bonds. The third kappa shape index (κ3) is 4.42. The fourth-order valence-corrected chi connectivity index (χ4v) is 3.19. The smallest absolute Gasteiger partial charge is 0.274 e. The maximum atomic E-state index is 14.3. The van der Waals surface area contributed by atoms with Crippen molar-refractivity contribution in [2.75, 3.05) is 11.9 Å². The summed E-state index contributed by atoms with van der Waals surface area (Å²) in [4.78, 5) is 29.2. The Morgan fingerprint density at radius 3 is 2.72 bits per heavy atom. The number of aromatic hydroxyl groups is 1. The first-order valence-corrected chi connectivity index (χ1v) is 9.70. The second-order valence-electron chi connectivity index (χ2n) is 7.04. The molecule has 0 aliphatic heterocycles. The number of pyridine rings is 1. The highest BCUT2D eigenvalue weighted by Gasteiger charge is 2.17. The molecule has 4 aromatic rings. The molecule has 2 heterocycles. The van der Waals surface area contributed by atoms with Crippen LogP contribution in [0, 0.1) is 5.82 Å². The first kappa shape index (κ1) is 21.0. The predicted molar refractivity (Wildman–Crippen MR) is 115 cm³/mol. The van der Waals surface area contributed by atoms with Crippen molar-refractivity contribution >= 4 is 23.1 Å². The Morgan fingerprint density at radius 1 is 1.06 bits per heavy atom. The minimum Gasteiger partial charge on any atom is -0.508 e. The van der Waals surface area contributed by atoms with Crippen LogP contribution in [-0.2, 0) is 0 Å². The number of hydrogen-bond donors (Lipinski definition) is 4. The Bertz CT molecular complexity index is 1300. The van der Waals surface area contributed by atoms with E-state index in [2.05, 4.69) is 15.6 Å². The first-order valence-electron chi connectivity index (χ1n) is 9.70. The third-order valence-electron chi connectivity index (χ3n) is 4.84. The standard InChI is InChI=1S/C23H19FN4O4/c24-17-8-7-15(22(31)26-13-20(30)14-4-3-5-16(29)10-14)11-18(17)27-23(32)19-12-25-21-6-1-2-9-28(19)21/h1-12,20,29-30H,13H2,(H,26,31)(H,27,32)/t20-/m1/s1. The summed E-state index contributed by atoms with van der Waals surface area (Å²) in [6.45, 7) is -0.122. The molecule has 2 aromatic carbocycles. The zero-order chi connectivity index (χ0) is 22.7. The number of aromatic nitrogens is 2. The number of rotatable bonds is 6. The summed E-state index contributed by atoms with van der Waals surface area (Å²) in [7, 11) is 0. The van der Waals surface area contributed by atoms with Gasteiger partial charge in [-0.3, -0.25) is 14.0 Å². The maximum Gasteiger partial charge on any atom is 0.274 e. The van der Waals surface area contributed by atoms with Crippen molar-refractivity contribution in [1.29, 1.82) is 0 Å². The van der Waals surface area contributed by atoms with Crippen molar-refractivity contribution in [2.24, 2.45) is 0 Å². The number of halogens is 1. The zero-order valence-electron chi connectivity index (χ0n) is 16.7. The Hall–Kier alpha value is -4.24. The van der Waals surface area contributed by atoms with Crippen molar-refractivity contribution in [1.82, 2.24) is 14.7 Å². The van der Waals surface area contributed by atoms with Gasteiger partial charge in [0.1, 0.15) is 22.9 Å². The highest BCUT2D eigenvalue weighted by Crippen LogP contribution is 2.20. The van der Waals surface area contributed by atoms with Crippen molar-refractivity contribution in [2.45, 2.75) is 6.10 Å². The molecule has 0 saturated heterocycles. The van der Waals surface area contributed by atoms with Crippen LogP contribution in [-0.4, -0.2) is 38.0 Å². The number of imidazole rings is 1. The Balaban J connectivity index is 1.46. The molecule has 2 aromatic heterocycles. The van der Waals surface area contributed by atoms with E-state index in [1.165, 1.54) is 30.5 Å². The molecule has 0 spiro atoms. The average Bonchev–Trinajstić information content (AvgIpc) is 3.23. The normalized spacial score (nSPS) is 11.8. The lowest BCUT2D eigenvalue weighted by atomic mass is 10.1. The fraction of sp³-hybridized carbons (Fsp3) is 0.0870. The lowest BCUT2D eigenvalue weighted by Gasteiger charge is -2.13. The van der Waals surface area contributed by atoms with Crippen LogP contribution >= 0.6 is 0 Å². The second-order valence-corrected chi connectivity index (χ2v) is 7.04. The summed E-state index contributed by atoms with van der Waals surface area (Å²) in [5, 5.41) is 24.7. The van der Waals surface area contributed by atoms with Gasteiger partial charge >= 0.3 is 0 Å². The molecule has 0 fully saturated rings. The zero-order valence-corrected chi connectivity index (χ0v) is 16.7. The van der Waals surface area contributed by atoms with Crippen LogP contribution in [0.1, 0.15) is 32.5 Å². The van der Waals surface area contributed by atoms with Crippen LogP contribution in [0.5, 0.6) is 5.75 Å². The van der Waals surface area contributed by atoms with Gasteiger partial charge in [0.15, 0.2) is 0 Å². The third-order valence-corrected chi connectivity index (χ3v) is 4.84. The van der Waals surface area contributed by atoms with Gasteiger partial charge in [-0.05, 0) is 48.0 Å². The second kappa shape index (κ2) is 8.86. The van der Waals surface area contributed by atoms with E-state index in [0.29, 0.717) is 11.2 Å². The monoisotopic (exact) mass is 434 g/mol. The van der Waals surface area contributed by atoms with Gasteiger partial charge < -0.3 is 20.8 Å². The number of aliphatic hydroxyl groups excluding tert-OH is 1. The Labute approximate surface area is 182 Å². The van der Waals surface area contributed by atoms with E-state index < -0.39 is 23.7 Å². The topological polar surface area (TPSA) is 116 Å². The minimum atomic E-state index is -1.04. The molecule has 1 atom stereocenters. The maximum absolute atomic E-state index is 14.3. The highest BCUT2D eigenvalue weighted by molar-refractivity contribution is 6.04. The number of nitrogens with zero attached hydrogens (tertiary/aromatic N) is 2. The molecule has 8 nitrogen and oxygen atoms in total. The van der Waals surface area contributed by atoms with Gasteiger partial charge in [-0.25, -0.2) is 9.37 Å². The number of phenolic OH excluding ortho intramolecular Hbond substituents is 1. The number of amides is 2. The molecule has 0 saturated carbocycles. The van der Waals surface area contributed by atoms with Gasteiger partial charge in [0.2, 0.25) is 0 Å². The van der Waals surface area contributed by atoms with Crippen molar-refractivity contribution < 1.29 is 24.2 Å². The molecule has 0 radical (unpaired) electrons. The molecule has 4 rings (SSSR count).